The van der Waals surface area contributed by atoms with Gasteiger partial charge in [-0.1, -0.05) is 13.0 Å². The Balaban J connectivity index is 2.75. The Kier molecular flexibility index (Phi) is 7.55. The van der Waals surface area contributed by atoms with Crippen LogP contribution in [0.3, 0.4) is 0 Å². The number of hydrogen-bond donors (Lipinski definition) is 2. The van der Waals surface area contributed by atoms with E-state index in [0.717, 1.165) is 6.42 Å². The number of nitrogens with zero attached hydrogens (tertiary/aromatic N) is 2. The Morgan fingerprint density at radius 1 is 1.59 bits per heavy atom. The number of nitro benzene ring substituents is 1. The quantitative estimate of drug-likeness (QED) is 0.251. The molecule has 2 N–H and O–H groups in total. The van der Waals surface area contributed by atoms with Gasteiger partial charge < -0.3 is 10.1 Å². The van der Waals surface area contributed by atoms with Crippen LogP contribution < -0.4 is 15.5 Å². The summed E-state index contributed by atoms with van der Waals surface area (Å²) in [6.07, 6.45) is 3.88. The summed E-state index contributed by atoms with van der Waals surface area (Å²) in [4.78, 5) is 10.6. The van der Waals surface area contributed by atoms with Crippen LogP contribution in [-0.4, -0.2) is 29.4 Å². The summed E-state index contributed by atoms with van der Waals surface area (Å²) in [6.45, 7) is 6.44. The second-order valence-electron chi connectivity index (χ2n) is 4.20. The topological polar surface area (TPSA) is 88.8 Å². The molecule has 7 nitrogen and oxygen atoms in total. The minimum absolute atomic E-state index is 0.0928. The number of hydrogen-bond acceptors (Lipinski definition) is 5. The van der Waals surface area contributed by atoms with Gasteiger partial charge in [0.2, 0.25) is 0 Å². The summed E-state index contributed by atoms with van der Waals surface area (Å²) >= 11 is 4.96. The molecule has 0 aliphatic rings. The highest BCUT2D eigenvalue weighted by Crippen LogP contribution is 2.27. The van der Waals surface area contributed by atoms with E-state index in [0.29, 0.717) is 23.8 Å². The summed E-state index contributed by atoms with van der Waals surface area (Å²) in [5.41, 5.74) is 3.08. The van der Waals surface area contributed by atoms with Gasteiger partial charge in [-0.2, -0.15) is 5.10 Å². The number of nitro groups is 1. The van der Waals surface area contributed by atoms with Crippen molar-refractivity contribution in [3.05, 3.63) is 46.5 Å². The second kappa shape index (κ2) is 9.46. The number of nitrogens with one attached hydrogen (secondary N) is 2. The molecule has 1 aromatic rings. The van der Waals surface area contributed by atoms with Crippen molar-refractivity contribution >= 4 is 29.2 Å². The number of thiocarbonyl (C=S) groups is 1. The molecule has 0 spiro atoms. The average Bonchev–Trinajstić information content (AvgIpc) is 2.51. The van der Waals surface area contributed by atoms with Crippen LogP contribution in [0.2, 0.25) is 0 Å². The summed E-state index contributed by atoms with van der Waals surface area (Å²) in [5, 5.41) is 18.2. The maximum Gasteiger partial charge on any atom is 0.311 e. The third kappa shape index (κ3) is 5.88. The molecule has 22 heavy (non-hydrogen) atoms. The van der Waals surface area contributed by atoms with Crippen molar-refractivity contribution in [3.63, 3.8) is 0 Å². The molecule has 0 heterocycles. The molecule has 118 valence electrons. The smallest absolute Gasteiger partial charge is 0.311 e. The minimum atomic E-state index is -0.480. The molecule has 0 aliphatic carbocycles. The van der Waals surface area contributed by atoms with E-state index in [-0.39, 0.29) is 11.4 Å². The first-order valence-electron chi connectivity index (χ1n) is 6.67. The van der Waals surface area contributed by atoms with Crippen LogP contribution in [0.4, 0.5) is 5.69 Å². The molecule has 0 aliphatic heterocycles. The Hall–Kier alpha value is -2.48. The van der Waals surface area contributed by atoms with Crippen LogP contribution in [0.5, 0.6) is 5.75 Å². The van der Waals surface area contributed by atoms with Gasteiger partial charge >= 0.3 is 5.69 Å². The highest BCUT2D eigenvalue weighted by Gasteiger charge is 2.15. The van der Waals surface area contributed by atoms with Crippen LogP contribution >= 0.6 is 12.2 Å². The molecule has 0 aromatic heterocycles. The third-order valence-corrected chi connectivity index (χ3v) is 2.66. The van der Waals surface area contributed by atoms with Crippen LogP contribution in [0, 0.1) is 10.1 Å². The third-order valence-electron chi connectivity index (χ3n) is 2.43. The van der Waals surface area contributed by atoms with Crippen molar-refractivity contribution in [2.75, 3.05) is 13.2 Å². The van der Waals surface area contributed by atoms with Gasteiger partial charge in [0.05, 0.1) is 17.7 Å². The Bertz CT molecular complexity index is 575. The maximum absolute atomic E-state index is 11.1. The highest BCUT2D eigenvalue weighted by atomic mass is 32.1. The maximum atomic E-state index is 11.1. The molecule has 0 atom stereocenters. The van der Waals surface area contributed by atoms with Gasteiger partial charge in [-0.3, -0.25) is 15.5 Å². The predicted molar refractivity (Wildman–Crippen MR) is 90.4 cm³/mol. The zero-order chi connectivity index (χ0) is 16.4. The first kappa shape index (κ1) is 17.6. The van der Waals surface area contributed by atoms with Gasteiger partial charge in [-0.25, -0.2) is 0 Å². The first-order chi connectivity index (χ1) is 10.6. The molecule has 1 rings (SSSR count). The lowest BCUT2D eigenvalue weighted by Crippen LogP contribution is -2.31. The summed E-state index contributed by atoms with van der Waals surface area (Å²) in [6, 6.07) is 4.64. The molecule has 0 fully saturated rings. The molecular weight excluding hydrogens is 304 g/mol. The number of rotatable bonds is 8. The Morgan fingerprint density at radius 2 is 2.36 bits per heavy atom. The minimum Gasteiger partial charge on any atom is -0.487 e. The van der Waals surface area contributed by atoms with Crippen LogP contribution in [0.25, 0.3) is 0 Å². The van der Waals surface area contributed by atoms with Gasteiger partial charge in [-0.15, -0.1) is 6.58 Å². The number of hydrazone groups is 1. The number of benzene rings is 1. The van der Waals surface area contributed by atoms with Crippen LogP contribution in [0.1, 0.15) is 18.9 Å². The number of ether oxygens (including phenoxy) is 1. The molecule has 0 bridgehead atoms. The zero-order valence-corrected chi connectivity index (χ0v) is 13.1. The van der Waals surface area contributed by atoms with Gasteiger partial charge in [0, 0.05) is 18.2 Å². The molecule has 0 radical (unpaired) electrons. The largest absolute Gasteiger partial charge is 0.487 e. The van der Waals surface area contributed by atoms with Crippen molar-refractivity contribution in [2.24, 2.45) is 5.10 Å². The van der Waals surface area contributed by atoms with E-state index in [4.69, 9.17) is 17.0 Å². The van der Waals surface area contributed by atoms with Crippen LogP contribution in [0.15, 0.2) is 36.0 Å². The lowest BCUT2D eigenvalue weighted by atomic mass is 10.2. The second-order valence-corrected chi connectivity index (χ2v) is 4.61. The van der Waals surface area contributed by atoms with Gasteiger partial charge in [0.25, 0.3) is 0 Å². The summed E-state index contributed by atoms with van der Waals surface area (Å²) in [5.74, 6) is 0.250. The highest BCUT2D eigenvalue weighted by molar-refractivity contribution is 7.80. The lowest BCUT2D eigenvalue weighted by Gasteiger charge is -2.06. The van der Waals surface area contributed by atoms with Crippen molar-refractivity contribution < 1.29 is 9.66 Å². The molecule has 0 unspecified atom stereocenters. The van der Waals surface area contributed by atoms with E-state index >= 15 is 0 Å². The van der Waals surface area contributed by atoms with Crippen molar-refractivity contribution in [2.45, 2.75) is 13.3 Å². The van der Waals surface area contributed by atoms with E-state index in [1.165, 1.54) is 12.3 Å². The van der Waals surface area contributed by atoms with Gasteiger partial charge in [0.1, 0.15) is 0 Å². The zero-order valence-electron chi connectivity index (χ0n) is 12.2. The molecule has 0 saturated carbocycles. The molecule has 0 saturated heterocycles. The van der Waals surface area contributed by atoms with E-state index in [1.807, 2.05) is 6.92 Å². The summed E-state index contributed by atoms with van der Waals surface area (Å²) < 4.78 is 5.35. The SMILES string of the molecule is C=CCNC(=S)N/N=C/c1ccc(OCCC)c([N+](=O)[O-])c1. The average molecular weight is 322 g/mol. The molecular formula is C14H18N4O3S. The van der Waals surface area contributed by atoms with Crippen LogP contribution in [-0.2, 0) is 0 Å². The lowest BCUT2D eigenvalue weighted by molar-refractivity contribution is -0.385. The summed E-state index contributed by atoms with van der Waals surface area (Å²) in [7, 11) is 0. The van der Waals surface area contributed by atoms with E-state index in [1.54, 1.807) is 18.2 Å². The van der Waals surface area contributed by atoms with E-state index in [2.05, 4.69) is 22.4 Å². The molecule has 0 amide bonds. The molecule has 1 aromatic carbocycles. The fraction of sp³-hybridized carbons (Fsp3) is 0.286. The normalized spacial score (nSPS) is 10.2. The van der Waals surface area contributed by atoms with Crippen molar-refractivity contribution in [1.82, 2.24) is 10.7 Å². The van der Waals surface area contributed by atoms with Gasteiger partial charge in [0.15, 0.2) is 10.9 Å². The van der Waals surface area contributed by atoms with Crippen molar-refractivity contribution in [3.8, 4) is 5.75 Å². The van der Waals surface area contributed by atoms with E-state index < -0.39 is 4.92 Å². The first-order valence-corrected chi connectivity index (χ1v) is 7.08. The Labute approximate surface area is 134 Å². The fourth-order valence-electron chi connectivity index (χ4n) is 1.46. The fourth-order valence-corrected chi connectivity index (χ4v) is 1.60. The Morgan fingerprint density at radius 3 is 3.00 bits per heavy atom. The standard InChI is InChI=1S/C14H18N4O3S/c1-3-7-15-14(22)17-16-10-11-5-6-13(21-8-4-2)12(9-11)18(19)20/h3,5-6,9-10H,1,4,7-8H2,2H3,(H2,15,17,22)/b16-10+. The van der Waals surface area contributed by atoms with Gasteiger partial charge in [-0.05, 0) is 30.8 Å². The predicted octanol–water partition coefficient (Wildman–Crippen LogP) is 2.37. The monoisotopic (exact) mass is 322 g/mol. The molecule has 8 heteroatoms. The van der Waals surface area contributed by atoms with Crippen molar-refractivity contribution in [1.29, 1.82) is 0 Å². The van der Waals surface area contributed by atoms with E-state index in [9.17, 15) is 10.1 Å².